The molecule has 26 heavy (non-hydrogen) atoms. The topological polar surface area (TPSA) is 17.1 Å². The average molecular weight is 591 g/mol. The van der Waals surface area contributed by atoms with Crippen molar-refractivity contribution in [2.24, 2.45) is 0 Å². The third-order valence-electron chi connectivity index (χ3n) is 3.64. The summed E-state index contributed by atoms with van der Waals surface area (Å²) in [5, 5.41) is 0. The van der Waals surface area contributed by atoms with Gasteiger partial charge in [0.05, 0.1) is 0 Å². The third-order valence-corrected chi connectivity index (χ3v) is 6.32. The molecule has 2 aromatic carbocycles. The summed E-state index contributed by atoms with van der Waals surface area (Å²) in [6, 6.07) is 18.4. The van der Waals surface area contributed by atoms with Crippen LogP contribution in [0.2, 0.25) is 0 Å². The van der Waals surface area contributed by atoms with Crippen LogP contribution in [0.4, 0.5) is 14.1 Å². The zero-order valence-electron chi connectivity index (χ0n) is 16.1. The van der Waals surface area contributed by atoms with E-state index in [-0.39, 0.29) is 46.1 Å². The first-order valence-electron chi connectivity index (χ1n) is 7.70. The number of halogens is 4. The molecule has 0 N–H and O–H groups in total. The number of benzene rings is 2. The van der Waals surface area contributed by atoms with E-state index in [4.69, 9.17) is 3.02 Å². The SMILES string of the molecule is CC(C)(C)c1ccc([I+]c2ccc(C(C)(C)C)cc2)cc1.F.F.F.[O]=[Sb]. The molecular weight excluding hydrogens is 562 g/mol. The van der Waals surface area contributed by atoms with Gasteiger partial charge in [-0.25, -0.2) is 0 Å². The molecule has 0 atom stereocenters. The van der Waals surface area contributed by atoms with Crippen LogP contribution in [0.1, 0.15) is 52.7 Å². The molecule has 0 unspecified atom stereocenters. The van der Waals surface area contributed by atoms with E-state index in [1.54, 1.807) is 0 Å². The van der Waals surface area contributed by atoms with Crippen molar-refractivity contribution in [3.05, 3.63) is 66.8 Å². The van der Waals surface area contributed by atoms with Crippen molar-refractivity contribution in [2.45, 2.75) is 52.4 Å². The molecule has 2 rings (SSSR count). The summed E-state index contributed by atoms with van der Waals surface area (Å²) >= 11 is 0.430. The predicted molar refractivity (Wildman–Crippen MR) is 102 cm³/mol. The van der Waals surface area contributed by atoms with Crippen LogP contribution in [0, 0.1) is 7.14 Å². The van der Waals surface area contributed by atoms with E-state index in [2.05, 4.69) is 90.1 Å². The van der Waals surface area contributed by atoms with Crippen LogP contribution in [-0.2, 0) is 13.8 Å². The molecule has 6 heteroatoms. The van der Waals surface area contributed by atoms with E-state index < -0.39 is 0 Å². The Balaban J connectivity index is -0.00000102. The number of hydrogen-bond donors (Lipinski definition) is 0. The van der Waals surface area contributed by atoms with Crippen LogP contribution < -0.4 is 21.2 Å². The first kappa shape index (κ1) is 30.3. The number of rotatable bonds is 2. The summed E-state index contributed by atoms with van der Waals surface area (Å²) in [4.78, 5) is 0. The first-order valence-corrected chi connectivity index (χ1v) is 10.9. The van der Waals surface area contributed by atoms with Crippen molar-refractivity contribution in [3.8, 4) is 0 Å². The standard InChI is InChI=1S/C20H26I.3FH.O.Sb/c1-19(2,3)15-7-11-17(12-8-15)21-18-13-9-16(10-14-18)20(4,5)6;;;;;/h7-14H,1-6H3;3*1H;;/q+1;;;;;. The maximum absolute atomic E-state index is 8.30. The van der Waals surface area contributed by atoms with Gasteiger partial charge in [0.25, 0.3) is 0 Å². The van der Waals surface area contributed by atoms with E-state index in [0.29, 0.717) is 23.0 Å². The van der Waals surface area contributed by atoms with Crippen LogP contribution in [0.25, 0.3) is 0 Å². The van der Waals surface area contributed by atoms with Crippen molar-refractivity contribution in [3.63, 3.8) is 0 Å². The zero-order chi connectivity index (χ0) is 17.7. The second kappa shape index (κ2) is 12.9. The van der Waals surface area contributed by atoms with Gasteiger partial charge in [0, 0.05) is 0 Å². The molecule has 0 fully saturated rings. The van der Waals surface area contributed by atoms with Gasteiger partial charge in [0.2, 0.25) is 0 Å². The van der Waals surface area contributed by atoms with Gasteiger partial charge in [-0.15, -0.1) is 0 Å². The average Bonchev–Trinajstić information content (AvgIpc) is 2.48. The van der Waals surface area contributed by atoms with Crippen molar-refractivity contribution in [2.75, 3.05) is 0 Å². The molecule has 0 heterocycles. The maximum atomic E-state index is 8.30. The second-order valence-electron chi connectivity index (χ2n) is 7.61. The Hall–Kier alpha value is -0.422. The van der Waals surface area contributed by atoms with Crippen LogP contribution >= 0.6 is 0 Å². The van der Waals surface area contributed by atoms with Gasteiger partial charge in [0.1, 0.15) is 0 Å². The van der Waals surface area contributed by atoms with Crippen LogP contribution in [0.3, 0.4) is 0 Å². The van der Waals surface area contributed by atoms with Crippen LogP contribution in [0.5, 0.6) is 0 Å². The van der Waals surface area contributed by atoms with E-state index >= 15 is 0 Å². The Bertz CT molecular complexity index is 562. The summed E-state index contributed by atoms with van der Waals surface area (Å²) < 4.78 is 11.3. The molecule has 0 amide bonds. The molecule has 0 saturated heterocycles. The van der Waals surface area contributed by atoms with Gasteiger partial charge >= 0.3 is 47.2 Å². The molecule has 1 radical (unpaired) electrons. The van der Waals surface area contributed by atoms with Crippen LogP contribution in [-0.4, -0.2) is 23.0 Å². The first-order chi connectivity index (χ1) is 10.7. The van der Waals surface area contributed by atoms with Crippen LogP contribution in [0.15, 0.2) is 48.5 Å². The Kier molecular flexibility index (Phi) is 15.0. The zero-order valence-corrected chi connectivity index (χ0v) is 20.8. The van der Waals surface area contributed by atoms with Gasteiger partial charge in [0.15, 0.2) is 7.14 Å². The summed E-state index contributed by atoms with van der Waals surface area (Å²) in [7, 11) is 0. The number of hydrogen-bond acceptors (Lipinski definition) is 1. The third kappa shape index (κ3) is 9.50. The van der Waals surface area contributed by atoms with E-state index in [1.807, 2.05) is 0 Å². The van der Waals surface area contributed by atoms with E-state index in [1.165, 1.54) is 18.3 Å². The normalized spacial score (nSPS) is 10.2. The van der Waals surface area contributed by atoms with Gasteiger partial charge in [-0.05, 0) is 46.2 Å². The molecular formula is C20H29F3IOSb+. The molecule has 2 aromatic rings. The molecule has 147 valence electrons. The molecule has 0 aliphatic heterocycles. The molecule has 0 aliphatic rings. The Morgan fingerprint density at radius 3 is 1.00 bits per heavy atom. The Labute approximate surface area is 179 Å². The molecule has 1 nitrogen and oxygen atoms in total. The van der Waals surface area contributed by atoms with Crippen molar-refractivity contribution >= 4 is 23.0 Å². The van der Waals surface area contributed by atoms with Gasteiger partial charge in [-0.3, -0.25) is 14.1 Å². The summed E-state index contributed by atoms with van der Waals surface area (Å²) in [6.07, 6.45) is 0. The molecule has 0 spiro atoms. The van der Waals surface area contributed by atoms with Gasteiger partial charge in [-0.1, -0.05) is 65.8 Å². The van der Waals surface area contributed by atoms with Crippen molar-refractivity contribution < 1.29 is 38.3 Å². The summed E-state index contributed by atoms with van der Waals surface area (Å²) in [6.45, 7) is 13.6. The summed E-state index contributed by atoms with van der Waals surface area (Å²) in [5.41, 5.74) is 3.31. The molecule has 0 bridgehead atoms. The quantitative estimate of drug-likeness (QED) is 0.388. The van der Waals surface area contributed by atoms with E-state index in [9.17, 15) is 0 Å². The minimum atomic E-state index is -0.0703. The van der Waals surface area contributed by atoms with E-state index in [0.717, 1.165) is 0 Å². The van der Waals surface area contributed by atoms with Crippen molar-refractivity contribution in [1.82, 2.24) is 0 Å². The Morgan fingerprint density at radius 1 is 0.577 bits per heavy atom. The monoisotopic (exact) mass is 590 g/mol. The Morgan fingerprint density at radius 2 is 0.808 bits per heavy atom. The molecule has 0 aliphatic carbocycles. The van der Waals surface area contributed by atoms with Gasteiger partial charge < -0.3 is 0 Å². The van der Waals surface area contributed by atoms with Crippen molar-refractivity contribution in [1.29, 1.82) is 0 Å². The fraction of sp³-hybridized carbons (Fsp3) is 0.400. The van der Waals surface area contributed by atoms with Gasteiger partial charge in [-0.2, -0.15) is 0 Å². The second-order valence-corrected chi connectivity index (χ2v) is 10.6. The fourth-order valence-electron chi connectivity index (χ4n) is 2.15. The minimum absolute atomic E-state index is 0. The summed E-state index contributed by atoms with van der Waals surface area (Å²) in [5.74, 6) is 0. The molecule has 0 saturated carbocycles. The fourth-order valence-corrected chi connectivity index (χ4v) is 4.31. The predicted octanol–water partition coefficient (Wildman–Crippen LogP) is 2.37. The molecule has 0 aromatic heterocycles.